The van der Waals surface area contributed by atoms with Crippen LogP contribution in [0.1, 0.15) is 47.1 Å². The van der Waals surface area contributed by atoms with Crippen molar-refractivity contribution in [3.63, 3.8) is 0 Å². The van der Waals surface area contributed by atoms with Crippen molar-refractivity contribution >= 4 is 74.3 Å². The lowest BCUT2D eigenvalue weighted by molar-refractivity contribution is -0.152. The van der Waals surface area contributed by atoms with Crippen LogP contribution < -0.4 is 14.1 Å². The number of urea groups is 1. The summed E-state index contributed by atoms with van der Waals surface area (Å²) in [6.07, 6.45) is -0.174. The van der Waals surface area contributed by atoms with Gasteiger partial charge in [0.05, 0.1) is 17.1 Å². The number of anilines is 4. The Balaban J connectivity index is 1.39. The number of hydrogen-bond acceptors (Lipinski definition) is 10. The number of esters is 1. The number of ether oxygens (including phenoxy) is 2. The predicted octanol–water partition coefficient (Wildman–Crippen LogP) is 6.19. The van der Waals surface area contributed by atoms with Crippen LogP contribution in [0.25, 0.3) is 0 Å². The van der Waals surface area contributed by atoms with E-state index in [9.17, 15) is 22.8 Å². The second kappa shape index (κ2) is 13.1. The predicted molar refractivity (Wildman–Crippen MR) is 182 cm³/mol. The normalized spacial score (nSPS) is 15.1. The Morgan fingerprint density at radius 1 is 0.833 bits per heavy atom. The number of hydrogen-bond donors (Lipinski definition) is 0. The number of carbonyl (C=O) groups is 3. The van der Waals surface area contributed by atoms with Crippen molar-refractivity contribution in [1.82, 2.24) is 15.1 Å². The minimum Gasteiger partial charge on any atom is -0.459 e. The molecule has 16 heteroatoms. The topological polar surface area (TPSA) is 143 Å². The van der Waals surface area contributed by atoms with E-state index in [0.29, 0.717) is 18.8 Å². The maximum Gasteiger partial charge on any atom is 0.418 e. The Kier molecular flexibility index (Phi) is 9.56. The summed E-state index contributed by atoms with van der Waals surface area (Å²) in [6.45, 7) is 10.6. The zero-order valence-corrected chi connectivity index (χ0v) is 29.7. The second-order valence-electron chi connectivity index (χ2n) is 13.2. The van der Waals surface area contributed by atoms with Gasteiger partial charge in [-0.1, -0.05) is 23.2 Å². The van der Waals surface area contributed by atoms with Crippen molar-refractivity contribution in [2.75, 3.05) is 40.3 Å². The van der Waals surface area contributed by atoms with E-state index in [4.69, 9.17) is 32.7 Å². The first-order valence-electron chi connectivity index (χ1n) is 15.1. The summed E-state index contributed by atoms with van der Waals surface area (Å²) in [6, 6.07) is 11.8. The average molecular weight is 720 g/mol. The average Bonchev–Trinajstić information content (AvgIpc) is 3.57. The van der Waals surface area contributed by atoms with Crippen LogP contribution in [0.15, 0.2) is 53.4 Å². The third kappa shape index (κ3) is 7.77. The number of carbonyl (C=O) groups excluding carboxylic acids is 3. The quantitative estimate of drug-likeness (QED) is 0.260. The van der Waals surface area contributed by atoms with Crippen molar-refractivity contribution in [1.29, 1.82) is 0 Å². The first kappa shape index (κ1) is 35.2. The van der Waals surface area contributed by atoms with Gasteiger partial charge in [-0.25, -0.2) is 22.9 Å². The molecule has 48 heavy (non-hydrogen) atoms. The fraction of sp³-hybridized carbons (Fsp3) is 0.406. The van der Waals surface area contributed by atoms with Crippen LogP contribution in [0.5, 0.6) is 0 Å². The number of halogens is 2. The molecule has 5 rings (SSSR count). The first-order chi connectivity index (χ1) is 22.3. The van der Waals surface area contributed by atoms with E-state index in [-0.39, 0.29) is 39.5 Å². The maximum atomic E-state index is 13.9. The Labute approximate surface area is 289 Å². The van der Waals surface area contributed by atoms with Crippen LogP contribution in [-0.2, 0) is 30.7 Å². The molecule has 3 amide bonds. The number of benzene rings is 2. The number of nitrogens with zero attached hydrogens (tertiary/aromatic N) is 6. The summed E-state index contributed by atoms with van der Waals surface area (Å²) in [5, 5.41) is 8.87. The third-order valence-corrected chi connectivity index (χ3v) is 9.36. The molecular weight excluding hydrogens is 683 g/mol. The van der Waals surface area contributed by atoms with Gasteiger partial charge in [-0.3, -0.25) is 14.0 Å². The number of imide groups is 1. The fourth-order valence-electron chi connectivity index (χ4n) is 5.23. The molecule has 3 heterocycles. The van der Waals surface area contributed by atoms with Crippen LogP contribution in [0.2, 0.25) is 10.0 Å². The Bertz CT molecular complexity index is 1840. The summed E-state index contributed by atoms with van der Waals surface area (Å²) < 4.78 is 39.6. The summed E-state index contributed by atoms with van der Waals surface area (Å²) >= 11 is 12.3. The number of aromatic nitrogens is 2. The van der Waals surface area contributed by atoms with Gasteiger partial charge in [0, 0.05) is 28.8 Å². The highest BCUT2D eigenvalue weighted by molar-refractivity contribution is 7.92. The van der Waals surface area contributed by atoms with Crippen molar-refractivity contribution in [2.24, 2.45) is 0 Å². The third-order valence-electron chi connectivity index (χ3n) is 7.18. The standard InChI is InChI=1S/C32H36Cl2N6O7S/c1-31(2,3)46-28(41)19-40(48(44,45)24-17-21(33)16-22(34)18-24)23-7-8-25-20(15-23)11-12-37(25)26-9-10-27(36-35-26)38-13-14-39(29(38)42)30(43)47-32(4,5)6/h7-10,15-18H,11-14,19H2,1-6H3. The van der Waals surface area contributed by atoms with Gasteiger partial charge in [-0.05, 0) is 102 Å². The lowest BCUT2D eigenvalue weighted by atomic mass is 10.1. The molecule has 0 aliphatic carbocycles. The van der Waals surface area contributed by atoms with Gasteiger partial charge < -0.3 is 14.4 Å². The molecule has 256 valence electrons. The molecule has 3 aromatic rings. The molecule has 0 atom stereocenters. The highest BCUT2D eigenvalue weighted by atomic mass is 35.5. The molecule has 0 radical (unpaired) electrons. The van der Waals surface area contributed by atoms with Gasteiger partial charge in [0.2, 0.25) is 0 Å². The number of fused-ring (bicyclic) bond motifs is 1. The molecule has 2 aliphatic heterocycles. The molecule has 1 fully saturated rings. The van der Waals surface area contributed by atoms with E-state index in [1.165, 1.54) is 23.1 Å². The van der Waals surface area contributed by atoms with E-state index in [0.717, 1.165) is 20.5 Å². The van der Waals surface area contributed by atoms with Crippen LogP contribution in [-0.4, -0.2) is 79.0 Å². The molecule has 0 unspecified atom stereocenters. The van der Waals surface area contributed by atoms with Gasteiger partial charge in [0.15, 0.2) is 11.6 Å². The number of amides is 3. The van der Waals surface area contributed by atoms with E-state index in [2.05, 4.69) is 10.2 Å². The van der Waals surface area contributed by atoms with Gasteiger partial charge in [0.25, 0.3) is 10.0 Å². The second-order valence-corrected chi connectivity index (χ2v) is 16.0. The van der Waals surface area contributed by atoms with Gasteiger partial charge >= 0.3 is 18.1 Å². The lowest BCUT2D eigenvalue weighted by Crippen LogP contribution is -2.40. The van der Waals surface area contributed by atoms with Crippen molar-refractivity contribution in [3.05, 3.63) is 64.1 Å². The molecule has 2 aromatic carbocycles. The summed E-state index contributed by atoms with van der Waals surface area (Å²) in [5.41, 5.74) is 0.263. The highest BCUT2D eigenvalue weighted by Gasteiger charge is 2.38. The number of sulfonamides is 1. The Morgan fingerprint density at radius 2 is 1.44 bits per heavy atom. The highest BCUT2D eigenvalue weighted by Crippen LogP contribution is 2.38. The Morgan fingerprint density at radius 3 is 2.02 bits per heavy atom. The van der Waals surface area contributed by atoms with E-state index in [1.807, 2.05) is 4.90 Å². The molecular formula is C32H36Cl2N6O7S. The van der Waals surface area contributed by atoms with E-state index >= 15 is 0 Å². The van der Waals surface area contributed by atoms with Crippen LogP contribution in [0.3, 0.4) is 0 Å². The molecule has 0 saturated carbocycles. The zero-order chi connectivity index (χ0) is 35.2. The van der Waals surface area contributed by atoms with Crippen molar-refractivity contribution in [3.8, 4) is 0 Å². The van der Waals surface area contributed by atoms with E-state index in [1.54, 1.807) is 71.9 Å². The van der Waals surface area contributed by atoms with Gasteiger partial charge in [-0.15, -0.1) is 10.2 Å². The summed E-state index contributed by atoms with van der Waals surface area (Å²) in [7, 11) is -4.31. The minimum atomic E-state index is -4.31. The molecule has 0 N–H and O–H groups in total. The fourth-order valence-corrected chi connectivity index (χ4v) is 7.36. The van der Waals surface area contributed by atoms with Crippen LogP contribution >= 0.6 is 23.2 Å². The molecule has 0 spiro atoms. The molecule has 2 aliphatic rings. The van der Waals surface area contributed by atoms with Crippen molar-refractivity contribution < 1.29 is 32.3 Å². The van der Waals surface area contributed by atoms with Gasteiger partial charge in [-0.2, -0.15) is 0 Å². The summed E-state index contributed by atoms with van der Waals surface area (Å²) in [5.74, 6) is 0.0590. The molecule has 13 nitrogen and oxygen atoms in total. The van der Waals surface area contributed by atoms with Crippen LogP contribution in [0.4, 0.5) is 32.6 Å². The minimum absolute atomic E-state index is 0.129. The molecule has 1 aromatic heterocycles. The monoisotopic (exact) mass is 718 g/mol. The first-order valence-corrected chi connectivity index (χ1v) is 17.3. The SMILES string of the molecule is CC(C)(C)OC(=O)CN(c1ccc2c(c1)CCN2c1ccc(N2CCN(C(=O)OC(C)(C)C)C2=O)nn1)S(=O)(=O)c1cc(Cl)cc(Cl)c1. The maximum absolute atomic E-state index is 13.9. The van der Waals surface area contributed by atoms with E-state index < -0.39 is 45.9 Å². The molecule has 1 saturated heterocycles. The zero-order valence-electron chi connectivity index (χ0n) is 27.4. The smallest absolute Gasteiger partial charge is 0.418 e. The largest absolute Gasteiger partial charge is 0.459 e. The van der Waals surface area contributed by atoms with Crippen molar-refractivity contribution in [2.45, 2.75) is 64.1 Å². The van der Waals surface area contributed by atoms with Gasteiger partial charge in [0.1, 0.15) is 17.7 Å². The Hall–Kier alpha value is -4.14. The molecule has 0 bridgehead atoms. The summed E-state index contributed by atoms with van der Waals surface area (Å²) in [4.78, 5) is 42.5. The number of rotatable bonds is 7. The lowest BCUT2D eigenvalue weighted by Gasteiger charge is -2.27. The van der Waals surface area contributed by atoms with Crippen LogP contribution in [0, 0.1) is 0 Å².